The number of hydrogen-bond donors (Lipinski definition) is 1. The van der Waals surface area contributed by atoms with Crippen LogP contribution in [-0.4, -0.2) is 33.2 Å². The van der Waals surface area contributed by atoms with E-state index in [4.69, 9.17) is 4.74 Å². The minimum Gasteiger partial charge on any atom is -0.389 e. The van der Waals surface area contributed by atoms with E-state index in [1.165, 1.54) is 0 Å². The van der Waals surface area contributed by atoms with Gasteiger partial charge in [0.1, 0.15) is 0 Å². The summed E-state index contributed by atoms with van der Waals surface area (Å²) in [6, 6.07) is 2.37. The zero-order valence-corrected chi connectivity index (χ0v) is 12.5. The van der Waals surface area contributed by atoms with Crippen LogP contribution in [0.5, 0.6) is 0 Å². The Kier molecular flexibility index (Phi) is 4.31. The van der Waals surface area contributed by atoms with Gasteiger partial charge in [-0.1, -0.05) is 13.8 Å². The van der Waals surface area contributed by atoms with Crippen molar-refractivity contribution in [3.63, 3.8) is 0 Å². The molecule has 0 bridgehead atoms. The molecule has 1 fully saturated rings. The predicted molar refractivity (Wildman–Crippen MR) is 75.1 cm³/mol. The van der Waals surface area contributed by atoms with Crippen molar-refractivity contribution in [3.05, 3.63) is 18.0 Å². The van der Waals surface area contributed by atoms with Gasteiger partial charge in [-0.05, 0) is 32.3 Å². The van der Waals surface area contributed by atoms with Gasteiger partial charge in [-0.3, -0.25) is 4.68 Å². The lowest BCUT2D eigenvalue weighted by Gasteiger charge is -2.38. The van der Waals surface area contributed by atoms with Crippen molar-refractivity contribution in [1.29, 1.82) is 0 Å². The van der Waals surface area contributed by atoms with Crippen LogP contribution in [0.15, 0.2) is 12.3 Å². The Bertz CT molecular complexity index is 414. The lowest BCUT2D eigenvalue weighted by Crippen LogP contribution is -2.44. The van der Waals surface area contributed by atoms with E-state index in [0.29, 0.717) is 37.8 Å². The standard InChI is InChI=1S/C15H26N2O2/c1-11(2)14-10-15(18,6-8-19-14)9-13-5-7-17(16-13)12(3)4/h5,7,11-12,14,18H,6,8-10H2,1-4H3. The Morgan fingerprint density at radius 1 is 1.47 bits per heavy atom. The molecule has 0 aromatic carbocycles. The lowest BCUT2D eigenvalue weighted by atomic mass is 9.83. The van der Waals surface area contributed by atoms with Crippen molar-refractivity contribution in [2.75, 3.05) is 6.61 Å². The van der Waals surface area contributed by atoms with E-state index in [0.717, 1.165) is 5.69 Å². The van der Waals surface area contributed by atoms with Gasteiger partial charge >= 0.3 is 0 Å². The van der Waals surface area contributed by atoms with Crippen molar-refractivity contribution < 1.29 is 9.84 Å². The molecule has 0 aliphatic carbocycles. The Morgan fingerprint density at radius 2 is 2.21 bits per heavy atom. The number of rotatable bonds is 4. The van der Waals surface area contributed by atoms with E-state index < -0.39 is 5.60 Å². The van der Waals surface area contributed by atoms with Gasteiger partial charge in [-0.25, -0.2) is 0 Å². The van der Waals surface area contributed by atoms with Crippen molar-refractivity contribution >= 4 is 0 Å². The van der Waals surface area contributed by atoms with E-state index in [2.05, 4.69) is 32.8 Å². The summed E-state index contributed by atoms with van der Waals surface area (Å²) in [6.45, 7) is 9.14. The highest BCUT2D eigenvalue weighted by atomic mass is 16.5. The molecule has 2 atom stereocenters. The van der Waals surface area contributed by atoms with Gasteiger partial charge in [0.15, 0.2) is 0 Å². The minimum atomic E-state index is -0.663. The molecule has 0 radical (unpaired) electrons. The number of nitrogens with zero attached hydrogens (tertiary/aromatic N) is 2. The Labute approximate surface area is 115 Å². The first kappa shape index (κ1) is 14.5. The molecule has 4 nitrogen and oxygen atoms in total. The highest BCUT2D eigenvalue weighted by Gasteiger charge is 2.36. The molecule has 1 aliphatic heterocycles. The number of hydrogen-bond acceptors (Lipinski definition) is 3. The van der Waals surface area contributed by atoms with E-state index >= 15 is 0 Å². The highest BCUT2D eigenvalue weighted by molar-refractivity contribution is 5.06. The molecule has 2 unspecified atom stereocenters. The molecular formula is C15H26N2O2. The third-order valence-corrected chi connectivity index (χ3v) is 3.93. The van der Waals surface area contributed by atoms with Gasteiger partial charge in [0.05, 0.1) is 17.4 Å². The van der Waals surface area contributed by atoms with Crippen LogP contribution in [0.3, 0.4) is 0 Å². The van der Waals surface area contributed by atoms with Gasteiger partial charge in [0.2, 0.25) is 0 Å². The largest absolute Gasteiger partial charge is 0.389 e. The third-order valence-electron chi connectivity index (χ3n) is 3.93. The first-order valence-electron chi connectivity index (χ1n) is 7.28. The van der Waals surface area contributed by atoms with Crippen LogP contribution in [0.25, 0.3) is 0 Å². The molecule has 1 aliphatic rings. The topological polar surface area (TPSA) is 47.3 Å². The molecule has 19 heavy (non-hydrogen) atoms. The maximum atomic E-state index is 10.8. The van der Waals surface area contributed by atoms with Crippen LogP contribution >= 0.6 is 0 Å². The molecule has 1 saturated heterocycles. The Balaban J connectivity index is 2.03. The first-order chi connectivity index (χ1) is 8.89. The van der Waals surface area contributed by atoms with Crippen LogP contribution < -0.4 is 0 Å². The van der Waals surface area contributed by atoms with Crippen LogP contribution in [0, 0.1) is 5.92 Å². The summed E-state index contributed by atoms with van der Waals surface area (Å²) < 4.78 is 7.67. The summed E-state index contributed by atoms with van der Waals surface area (Å²) in [4.78, 5) is 0. The van der Waals surface area contributed by atoms with Crippen molar-refractivity contribution in [2.24, 2.45) is 5.92 Å². The summed E-state index contributed by atoms with van der Waals surface area (Å²) in [5, 5.41) is 15.3. The average molecular weight is 266 g/mol. The fourth-order valence-corrected chi connectivity index (χ4v) is 2.62. The van der Waals surface area contributed by atoms with Gasteiger partial charge in [0.25, 0.3) is 0 Å². The molecule has 4 heteroatoms. The smallest absolute Gasteiger partial charge is 0.0750 e. The number of aromatic nitrogens is 2. The molecule has 1 aromatic heterocycles. The summed E-state index contributed by atoms with van der Waals surface area (Å²) in [6.07, 6.45) is 4.18. The average Bonchev–Trinajstić information content (AvgIpc) is 2.76. The third kappa shape index (κ3) is 3.57. The maximum Gasteiger partial charge on any atom is 0.0750 e. The van der Waals surface area contributed by atoms with E-state index in [1.807, 2.05) is 16.9 Å². The second-order valence-electron chi connectivity index (χ2n) is 6.39. The molecule has 0 amide bonds. The first-order valence-corrected chi connectivity index (χ1v) is 7.28. The molecule has 0 saturated carbocycles. The van der Waals surface area contributed by atoms with Gasteiger partial charge < -0.3 is 9.84 Å². The molecular weight excluding hydrogens is 240 g/mol. The zero-order chi connectivity index (χ0) is 14.0. The van der Waals surface area contributed by atoms with Crippen molar-refractivity contribution in [3.8, 4) is 0 Å². The zero-order valence-electron chi connectivity index (χ0n) is 12.5. The van der Waals surface area contributed by atoms with Gasteiger partial charge in [-0.15, -0.1) is 0 Å². The van der Waals surface area contributed by atoms with E-state index in [9.17, 15) is 5.11 Å². The van der Waals surface area contributed by atoms with Crippen molar-refractivity contribution in [2.45, 2.75) is 64.7 Å². The summed E-state index contributed by atoms with van der Waals surface area (Å²) >= 11 is 0. The van der Waals surface area contributed by atoms with Gasteiger partial charge in [-0.2, -0.15) is 5.10 Å². The summed E-state index contributed by atoms with van der Waals surface area (Å²) in [7, 11) is 0. The Morgan fingerprint density at radius 3 is 2.79 bits per heavy atom. The van der Waals surface area contributed by atoms with Crippen LogP contribution in [0.4, 0.5) is 0 Å². The molecule has 108 valence electrons. The second kappa shape index (κ2) is 5.63. The Hall–Kier alpha value is -0.870. The summed E-state index contributed by atoms with van der Waals surface area (Å²) in [5.41, 5.74) is 0.309. The second-order valence-corrected chi connectivity index (χ2v) is 6.39. The van der Waals surface area contributed by atoms with Crippen LogP contribution in [0.2, 0.25) is 0 Å². The minimum absolute atomic E-state index is 0.158. The maximum absolute atomic E-state index is 10.8. The van der Waals surface area contributed by atoms with Crippen LogP contribution in [0.1, 0.15) is 52.3 Å². The lowest BCUT2D eigenvalue weighted by molar-refractivity contribution is -0.116. The fourth-order valence-electron chi connectivity index (χ4n) is 2.62. The number of ether oxygens (including phenoxy) is 1. The van der Waals surface area contributed by atoms with Crippen LogP contribution in [-0.2, 0) is 11.2 Å². The SMILES string of the molecule is CC(C)C1CC(O)(Cc2ccn(C(C)C)n2)CCO1. The predicted octanol–water partition coefficient (Wildman–Crippen LogP) is 2.57. The highest BCUT2D eigenvalue weighted by Crippen LogP contribution is 2.31. The summed E-state index contributed by atoms with van der Waals surface area (Å²) in [5.74, 6) is 0.444. The van der Waals surface area contributed by atoms with Crippen molar-refractivity contribution in [1.82, 2.24) is 9.78 Å². The molecule has 1 aromatic rings. The normalized spacial score (nSPS) is 28.3. The van der Waals surface area contributed by atoms with Gasteiger partial charge in [0, 0.05) is 31.7 Å². The molecule has 1 N–H and O–H groups in total. The fraction of sp³-hybridized carbons (Fsp3) is 0.800. The quantitative estimate of drug-likeness (QED) is 0.911. The monoisotopic (exact) mass is 266 g/mol. The number of aliphatic hydroxyl groups is 1. The van der Waals surface area contributed by atoms with E-state index in [1.54, 1.807) is 0 Å². The molecule has 2 rings (SSSR count). The molecule has 0 spiro atoms. The molecule has 2 heterocycles. The van der Waals surface area contributed by atoms with E-state index in [-0.39, 0.29) is 6.10 Å².